The Labute approximate surface area is 100 Å². The molecule has 92 valence electrons. The molecule has 4 nitrogen and oxygen atoms in total. The van der Waals surface area contributed by atoms with Gasteiger partial charge in [-0.05, 0) is 26.0 Å². The molecule has 1 heterocycles. The van der Waals surface area contributed by atoms with Gasteiger partial charge in [-0.25, -0.2) is 0 Å². The summed E-state index contributed by atoms with van der Waals surface area (Å²) in [5, 5.41) is 0. The van der Waals surface area contributed by atoms with Crippen LogP contribution in [0.2, 0.25) is 0 Å². The zero-order valence-corrected chi connectivity index (χ0v) is 10.0. The van der Waals surface area contributed by atoms with Crippen molar-refractivity contribution in [2.24, 2.45) is 0 Å². The molecule has 1 unspecified atom stereocenters. The van der Waals surface area contributed by atoms with E-state index in [1.54, 1.807) is 12.1 Å². The Hall–Kier alpha value is -1.55. The standard InChI is InChI=1S/C13H16O4/c1-9(2)16-10-4-3-5-11(8-10)17-13-12(14)6-7-15-13/h3-5,8-9,13H,6-7H2,1-2H3. The lowest BCUT2D eigenvalue weighted by molar-refractivity contribution is -0.135. The first-order chi connectivity index (χ1) is 8.15. The maximum Gasteiger partial charge on any atom is 0.260 e. The van der Waals surface area contributed by atoms with Gasteiger partial charge in [-0.1, -0.05) is 6.07 Å². The summed E-state index contributed by atoms with van der Waals surface area (Å²) >= 11 is 0. The van der Waals surface area contributed by atoms with Crippen LogP contribution in [-0.2, 0) is 9.53 Å². The van der Waals surface area contributed by atoms with Crippen molar-refractivity contribution in [2.45, 2.75) is 32.7 Å². The van der Waals surface area contributed by atoms with Crippen molar-refractivity contribution in [1.29, 1.82) is 0 Å². The highest BCUT2D eigenvalue weighted by molar-refractivity contribution is 5.83. The molecule has 1 fully saturated rings. The molecule has 0 bridgehead atoms. The number of ketones is 1. The molecule has 1 atom stereocenters. The van der Waals surface area contributed by atoms with E-state index in [2.05, 4.69) is 0 Å². The lowest BCUT2D eigenvalue weighted by Crippen LogP contribution is -2.22. The molecule has 1 aliphatic heterocycles. The summed E-state index contributed by atoms with van der Waals surface area (Å²) in [5.74, 6) is 1.30. The highest BCUT2D eigenvalue weighted by atomic mass is 16.7. The van der Waals surface area contributed by atoms with Gasteiger partial charge in [0.05, 0.1) is 12.7 Å². The Balaban J connectivity index is 2.03. The van der Waals surface area contributed by atoms with E-state index in [1.807, 2.05) is 26.0 Å². The Morgan fingerprint density at radius 3 is 2.76 bits per heavy atom. The summed E-state index contributed by atoms with van der Waals surface area (Å²) < 4.78 is 16.2. The number of ether oxygens (including phenoxy) is 3. The summed E-state index contributed by atoms with van der Waals surface area (Å²) in [6, 6.07) is 7.22. The zero-order chi connectivity index (χ0) is 12.3. The van der Waals surface area contributed by atoms with E-state index in [-0.39, 0.29) is 11.9 Å². The minimum atomic E-state index is -0.760. The topological polar surface area (TPSA) is 44.8 Å². The summed E-state index contributed by atoms with van der Waals surface area (Å²) in [5.41, 5.74) is 0. The van der Waals surface area contributed by atoms with E-state index in [0.29, 0.717) is 18.8 Å². The predicted octanol–water partition coefficient (Wildman–Crippen LogP) is 2.17. The van der Waals surface area contributed by atoms with E-state index in [0.717, 1.165) is 5.75 Å². The van der Waals surface area contributed by atoms with Gasteiger partial charge in [0.2, 0.25) is 5.78 Å². The summed E-state index contributed by atoms with van der Waals surface area (Å²) in [6.07, 6.45) is -0.230. The molecule has 0 amide bonds. The average Bonchev–Trinajstić information content (AvgIpc) is 2.64. The van der Waals surface area contributed by atoms with Crippen LogP contribution in [0.3, 0.4) is 0 Å². The third-order valence-corrected chi connectivity index (χ3v) is 2.30. The normalized spacial score (nSPS) is 19.7. The van der Waals surface area contributed by atoms with Gasteiger partial charge in [0.25, 0.3) is 6.29 Å². The van der Waals surface area contributed by atoms with Crippen LogP contribution in [0, 0.1) is 0 Å². The third-order valence-electron chi connectivity index (χ3n) is 2.30. The van der Waals surface area contributed by atoms with E-state index in [1.165, 1.54) is 0 Å². The minimum Gasteiger partial charge on any atom is -0.491 e. The smallest absolute Gasteiger partial charge is 0.260 e. The van der Waals surface area contributed by atoms with Crippen molar-refractivity contribution in [3.8, 4) is 11.5 Å². The number of hydrogen-bond acceptors (Lipinski definition) is 4. The first kappa shape index (κ1) is 11.9. The highest BCUT2D eigenvalue weighted by Gasteiger charge is 2.27. The summed E-state index contributed by atoms with van der Waals surface area (Å²) in [7, 11) is 0. The maximum absolute atomic E-state index is 11.4. The fourth-order valence-electron chi connectivity index (χ4n) is 1.59. The number of benzene rings is 1. The van der Waals surface area contributed by atoms with Gasteiger partial charge >= 0.3 is 0 Å². The minimum absolute atomic E-state index is 0.0137. The molecule has 2 rings (SSSR count). The Morgan fingerprint density at radius 2 is 2.12 bits per heavy atom. The Kier molecular flexibility index (Phi) is 3.64. The Morgan fingerprint density at radius 1 is 1.35 bits per heavy atom. The van der Waals surface area contributed by atoms with Crippen LogP contribution in [0.1, 0.15) is 20.3 Å². The van der Waals surface area contributed by atoms with Gasteiger partial charge in [-0.15, -0.1) is 0 Å². The average molecular weight is 236 g/mol. The van der Waals surface area contributed by atoms with Crippen molar-refractivity contribution in [3.05, 3.63) is 24.3 Å². The van der Waals surface area contributed by atoms with Gasteiger partial charge in [-0.3, -0.25) is 4.79 Å². The maximum atomic E-state index is 11.4. The van der Waals surface area contributed by atoms with Crippen molar-refractivity contribution < 1.29 is 19.0 Å². The van der Waals surface area contributed by atoms with Crippen LogP contribution in [-0.4, -0.2) is 24.8 Å². The van der Waals surface area contributed by atoms with Crippen LogP contribution in [0.15, 0.2) is 24.3 Å². The predicted molar refractivity (Wildman–Crippen MR) is 62.2 cm³/mol. The van der Waals surface area contributed by atoms with Gasteiger partial charge in [0, 0.05) is 12.5 Å². The number of carbonyl (C=O) groups is 1. The first-order valence-electron chi connectivity index (χ1n) is 5.73. The second kappa shape index (κ2) is 5.19. The fourth-order valence-corrected chi connectivity index (χ4v) is 1.59. The number of rotatable bonds is 4. The van der Waals surface area contributed by atoms with Crippen LogP contribution >= 0.6 is 0 Å². The van der Waals surface area contributed by atoms with Crippen LogP contribution in [0.5, 0.6) is 11.5 Å². The van der Waals surface area contributed by atoms with Crippen molar-refractivity contribution in [3.63, 3.8) is 0 Å². The molecule has 1 aromatic carbocycles. The molecule has 1 aliphatic rings. The Bertz CT molecular complexity index is 400. The lowest BCUT2D eigenvalue weighted by Gasteiger charge is -2.14. The van der Waals surface area contributed by atoms with E-state index >= 15 is 0 Å². The zero-order valence-electron chi connectivity index (χ0n) is 10.0. The molecule has 0 N–H and O–H groups in total. The third kappa shape index (κ3) is 3.20. The van der Waals surface area contributed by atoms with Gasteiger partial charge in [0.15, 0.2) is 0 Å². The molecule has 17 heavy (non-hydrogen) atoms. The monoisotopic (exact) mass is 236 g/mol. The largest absolute Gasteiger partial charge is 0.491 e. The van der Waals surface area contributed by atoms with Gasteiger partial charge in [-0.2, -0.15) is 0 Å². The number of Topliss-reactive ketones (excluding diaryl/α,β-unsaturated/α-hetero) is 1. The second-order valence-electron chi connectivity index (χ2n) is 4.18. The molecule has 0 aromatic heterocycles. The van der Waals surface area contributed by atoms with E-state index < -0.39 is 6.29 Å². The summed E-state index contributed by atoms with van der Waals surface area (Å²) in [4.78, 5) is 11.4. The highest BCUT2D eigenvalue weighted by Crippen LogP contribution is 2.23. The molecule has 1 saturated heterocycles. The van der Waals surface area contributed by atoms with Crippen LogP contribution < -0.4 is 9.47 Å². The second-order valence-corrected chi connectivity index (χ2v) is 4.18. The van der Waals surface area contributed by atoms with Crippen molar-refractivity contribution >= 4 is 5.78 Å². The fraction of sp³-hybridized carbons (Fsp3) is 0.462. The molecular weight excluding hydrogens is 220 g/mol. The van der Waals surface area contributed by atoms with Gasteiger partial charge in [0.1, 0.15) is 11.5 Å². The molecular formula is C13H16O4. The van der Waals surface area contributed by atoms with E-state index in [4.69, 9.17) is 14.2 Å². The molecule has 0 spiro atoms. The molecule has 1 aromatic rings. The molecule has 0 saturated carbocycles. The molecule has 4 heteroatoms. The summed E-state index contributed by atoms with van der Waals surface area (Å²) in [6.45, 7) is 4.35. The number of carbonyl (C=O) groups excluding carboxylic acids is 1. The SMILES string of the molecule is CC(C)Oc1cccc(OC2OCCC2=O)c1. The molecule has 0 aliphatic carbocycles. The van der Waals surface area contributed by atoms with Gasteiger partial charge < -0.3 is 14.2 Å². The van der Waals surface area contributed by atoms with E-state index in [9.17, 15) is 4.79 Å². The molecule has 0 radical (unpaired) electrons. The quantitative estimate of drug-likeness (QED) is 0.803. The first-order valence-corrected chi connectivity index (χ1v) is 5.73. The van der Waals surface area contributed by atoms with Crippen LogP contribution in [0.25, 0.3) is 0 Å². The number of hydrogen-bond donors (Lipinski definition) is 0. The van der Waals surface area contributed by atoms with Crippen molar-refractivity contribution in [1.82, 2.24) is 0 Å². The van der Waals surface area contributed by atoms with Crippen molar-refractivity contribution in [2.75, 3.05) is 6.61 Å². The lowest BCUT2D eigenvalue weighted by atomic mass is 10.3. The van der Waals surface area contributed by atoms with Crippen LogP contribution in [0.4, 0.5) is 0 Å².